The largest absolute Gasteiger partial charge is 0.494 e. The lowest BCUT2D eigenvalue weighted by Gasteiger charge is -2.24. The Morgan fingerprint density at radius 2 is 2.05 bits per heavy atom. The third-order valence-corrected chi connectivity index (χ3v) is 3.86. The van der Waals surface area contributed by atoms with Gasteiger partial charge in [0.25, 0.3) is 0 Å². The molecule has 0 saturated carbocycles. The molecule has 3 atom stereocenters. The molecule has 3 nitrogen and oxygen atoms in total. The zero-order chi connectivity index (χ0) is 13.7. The Hall–Kier alpha value is -1.06. The zero-order valence-corrected chi connectivity index (χ0v) is 12.0. The first-order chi connectivity index (χ1) is 9.26. The highest BCUT2D eigenvalue weighted by molar-refractivity contribution is 5.29. The molecular formula is C16H25NO2. The SMILES string of the molecule is CCCOc1ccc(C(N)C2CCOC2CC)cc1. The average Bonchev–Trinajstić information content (AvgIpc) is 2.93. The van der Waals surface area contributed by atoms with E-state index in [0.29, 0.717) is 12.0 Å². The quantitative estimate of drug-likeness (QED) is 0.856. The van der Waals surface area contributed by atoms with Crippen molar-refractivity contribution in [3.05, 3.63) is 29.8 Å². The first-order valence-electron chi connectivity index (χ1n) is 7.36. The van der Waals surface area contributed by atoms with Crippen LogP contribution in [-0.2, 0) is 4.74 Å². The van der Waals surface area contributed by atoms with Gasteiger partial charge >= 0.3 is 0 Å². The fourth-order valence-electron chi connectivity index (χ4n) is 2.75. The molecule has 2 N–H and O–H groups in total. The normalized spacial score (nSPS) is 24.4. The van der Waals surface area contributed by atoms with Crippen LogP contribution in [0, 0.1) is 5.92 Å². The number of hydrogen-bond acceptors (Lipinski definition) is 3. The van der Waals surface area contributed by atoms with E-state index in [9.17, 15) is 0 Å². The minimum absolute atomic E-state index is 0.0627. The molecular weight excluding hydrogens is 238 g/mol. The van der Waals surface area contributed by atoms with Gasteiger partial charge < -0.3 is 15.2 Å². The number of nitrogens with two attached hydrogens (primary N) is 1. The van der Waals surface area contributed by atoms with Crippen LogP contribution in [0.3, 0.4) is 0 Å². The fourth-order valence-corrected chi connectivity index (χ4v) is 2.75. The maximum Gasteiger partial charge on any atom is 0.119 e. The second kappa shape index (κ2) is 6.92. The predicted molar refractivity (Wildman–Crippen MR) is 77.3 cm³/mol. The Morgan fingerprint density at radius 3 is 2.68 bits per heavy atom. The lowest BCUT2D eigenvalue weighted by Crippen LogP contribution is -2.27. The molecule has 0 radical (unpaired) electrons. The highest BCUT2D eigenvalue weighted by atomic mass is 16.5. The highest BCUT2D eigenvalue weighted by Crippen LogP contribution is 2.33. The van der Waals surface area contributed by atoms with E-state index in [0.717, 1.165) is 38.2 Å². The van der Waals surface area contributed by atoms with Gasteiger partial charge in [-0.3, -0.25) is 0 Å². The summed E-state index contributed by atoms with van der Waals surface area (Å²) in [6.07, 6.45) is 3.44. The molecule has 1 heterocycles. The van der Waals surface area contributed by atoms with Gasteiger partial charge in [-0.1, -0.05) is 26.0 Å². The topological polar surface area (TPSA) is 44.5 Å². The second-order valence-corrected chi connectivity index (χ2v) is 5.21. The Labute approximate surface area is 116 Å². The monoisotopic (exact) mass is 263 g/mol. The zero-order valence-electron chi connectivity index (χ0n) is 12.0. The number of hydrogen-bond donors (Lipinski definition) is 1. The van der Waals surface area contributed by atoms with E-state index in [2.05, 4.69) is 26.0 Å². The van der Waals surface area contributed by atoms with Crippen LogP contribution in [0.2, 0.25) is 0 Å². The lowest BCUT2D eigenvalue weighted by atomic mass is 9.87. The standard InChI is InChI=1S/C16H25NO2/c1-3-10-18-13-7-5-12(6-8-13)16(17)14-9-11-19-15(14)4-2/h5-8,14-16H,3-4,9-11,17H2,1-2H3. The van der Waals surface area contributed by atoms with Gasteiger partial charge in [-0.15, -0.1) is 0 Å². The Kier molecular flexibility index (Phi) is 5.23. The molecule has 1 aromatic rings. The summed E-state index contributed by atoms with van der Waals surface area (Å²) in [4.78, 5) is 0. The van der Waals surface area contributed by atoms with Gasteiger partial charge in [0.05, 0.1) is 12.7 Å². The fraction of sp³-hybridized carbons (Fsp3) is 0.625. The molecule has 1 saturated heterocycles. The molecule has 0 bridgehead atoms. The molecule has 1 fully saturated rings. The maximum absolute atomic E-state index is 6.40. The van der Waals surface area contributed by atoms with Crippen LogP contribution >= 0.6 is 0 Å². The van der Waals surface area contributed by atoms with Crippen LogP contribution in [0.15, 0.2) is 24.3 Å². The molecule has 3 unspecified atom stereocenters. The molecule has 3 heteroatoms. The first-order valence-corrected chi connectivity index (χ1v) is 7.36. The lowest BCUT2D eigenvalue weighted by molar-refractivity contribution is 0.0813. The number of ether oxygens (including phenoxy) is 2. The molecule has 1 aliphatic rings. The highest BCUT2D eigenvalue weighted by Gasteiger charge is 2.32. The van der Waals surface area contributed by atoms with Crippen molar-refractivity contribution in [3.63, 3.8) is 0 Å². The van der Waals surface area contributed by atoms with Gasteiger partial charge in [-0.05, 0) is 37.0 Å². The van der Waals surface area contributed by atoms with Gasteiger partial charge in [0.15, 0.2) is 0 Å². The summed E-state index contributed by atoms with van der Waals surface area (Å²) in [7, 11) is 0. The minimum atomic E-state index is 0.0627. The Morgan fingerprint density at radius 1 is 1.32 bits per heavy atom. The van der Waals surface area contributed by atoms with Crippen molar-refractivity contribution in [2.45, 2.75) is 45.3 Å². The third kappa shape index (κ3) is 3.48. The molecule has 106 valence electrons. The Bertz CT molecular complexity index is 377. The van der Waals surface area contributed by atoms with Crippen molar-refractivity contribution in [3.8, 4) is 5.75 Å². The van der Waals surface area contributed by atoms with Crippen molar-refractivity contribution in [2.75, 3.05) is 13.2 Å². The van der Waals surface area contributed by atoms with Crippen LogP contribution in [0.4, 0.5) is 0 Å². The van der Waals surface area contributed by atoms with Crippen molar-refractivity contribution < 1.29 is 9.47 Å². The summed E-state index contributed by atoms with van der Waals surface area (Å²) >= 11 is 0. The number of rotatable bonds is 6. The van der Waals surface area contributed by atoms with E-state index in [1.807, 2.05) is 12.1 Å². The molecule has 2 rings (SSSR count). The second-order valence-electron chi connectivity index (χ2n) is 5.21. The summed E-state index contributed by atoms with van der Waals surface area (Å²) in [5.74, 6) is 1.36. The first kappa shape index (κ1) is 14.4. The maximum atomic E-state index is 6.40. The van der Waals surface area contributed by atoms with Crippen LogP contribution in [-0.4, -0.2) is 19.3 Å². The van der Waals surface area contributed by atoms with Gasteiger partial charge in [-0.25, -0.2) is 0 Å². The van der Waals surface area contributed by atoms with Crippen LogP contribution in [0.1, 0.15) is 44.7 Å². The van der Waals surface area contributed by atoms with Crippen molar-refractivity contribution in [1.82, 2.24) is 0 Å². The van der Waals surface area contributed by atoms with E-state index < -0.39 is 0 Å². The Balaban J connectivity index is 2.00. The van der Waals surface area contributed by atoms with Crippen molar-refractivity contribution in [1.29, 1.82) is 0 Å². The predicted octanol–water partition coefficient (Wildman–Crippen LogP) is 3.29. The summed E-state index contributed by atoms with van der Waals surface area (Å²) in [5.41, 5.74) is 7.57. The van der Waals surface area contributed by atoms with Crippen LogP contribution in [0.5, 0.6) is 5.75 Å². The van der Waals surface area contributed by atoms with E-state index in [1.54, 1.807) is 0 Å². The molecule has 19 heavy (non-hydrogen) atoms. The average molecular weight is 263 g/mol. The summed E-state index contributed by atoms with van der Waals surface area (Å²) in [5, 5.41) is 0. The van der Waals surface area contributed by atoms with E-state index >= 15 is 0 Å². The molecule has 0 amide bonds. The summed E-state index contributed by atoms with van der Waals surface area (Å²) in [6.45, 7) is 5.88. The summed E-state index contributed by atoms with van der Waals surface area (Å²) < 4.78 is 11.3. The smallest absolute Gasteiger partial charge is 0.119 e. The van der Waals surface area contributed by atoms with Crippen molar-refractivity contribution in [2.24, 2.45) is 11.7 Å². The third-order valence-electron chi connectivity index (χ3n) is 3.86. The van der Waals surface area contributed by atoms with E-state index in [1.165, 1.54) is 5.56 Å². The van der Waals surface area contributed by atoms with Gasteiger partial charge in [0.2, 0.25) is 0 Å². The minimum Gasteiger partial charge on any atom is -0.494 e. The summed E-state index contributed by atoms with van der Waals surface area (Å²) in [6, 6.07) is 8.26. The van der Waals surface area contributed by atoms with Gasteiger partial charge in [0, 0.05) is 18.6 Å². The molecule has 0 aliphatic carbocycles. The van der Waals surface area contributed by atoms with E-state index in [4.69, 9.17) is 15.2 Å². The number of benzene rings is 1. The molecule has 0 spiro atoms. The van der Waals surface area contributed by atoms with Gasteiger partial charge in [0.1, 0.15) is 5.75 Å². The molecule has 1 aliphatic heterocycles. The van der Waals surface area contributed by atoms with Crippen LogP contribution < -0.4 is 10.5 Å². The van der Waals surface area contributed by atoms with Gasteiger partial charge in [-0.2, -0.15) is 0 Å². The van der Waals surface area contributed by atoms with Crippen molar-refractivity contribution >= 4 is 0 Å². The van der Waals surface area contributed by atoms with E-state index in [-0.39, 0.29) is 6.04 Å². The van der Waals surface area contributed by atoms with Crippen LogP contribution in [0.25, 0.3) is 0 Å². The molecule has 1 aromatic carbocycles. The molecule has 0 aromatic heterocycles.